The number of rotatable bonds is 6. The SMILES string of the molecule is Cc1c(C(=O)NCC2CCCO2)sc2ncn(CC(=O)Nc3cccc(C(F)(F)F)c3)c(=O)c12. The zero-order chi connectivity index (χ0) is 24.5. The molecule has 4 rings (SSSR count). The van der Waals surface area contributed by atoms with E-state index in [0.29, 0.717) is 28.4 Å². The van der Waals surface area contributed by atoms with E-state index < -0.39 is 29.8 Å². The van der Waals surface area contributed by atoms with E-state index in [0.717, 1.165) is 40.9 Å². The van der Waals surface area contributed by atoms with Crippen LogP contribution in [0.25, 0.3) is 10.2 Å². The maximum atomic E-state index is 13.0. The molecule has 0 aliphatic carbocycles. The van der Waals surface area contributed by atoms with Crippen molar-refractivity contribution in [3.63, 3.8) is 0 Å². The molecule has 1 fully saturated rings. The largest absolute Gasteiger partial charge is 0.416 e. The van der Waals surface area contributed by atoms with Gasteiger partial charge in [-0.1, -0.05) is 6.07 Å². The summed E-state index contributed by atoms with van der Waals surface area (Å²) in [6, 6.07) is 4.21. The quantitative estimate of drug-likeness (QED) is 0.547. The van der Waals surface area contributed by atoms with Crippen molar-refractivity contribution in [2.75, 3.05) is 18.5 Å². The van der Waals surface area contributed by atoms with Crippen LogP contribution < -0.4 is 16.2 Å². The summed E-state index contributed by atoms with van der Waals surface area (Å²) in [5.41, 5.74) is -1.00. The topological polar surface area (TPSA) is 102 Å². The Labute approximate surface area is 195 Å². The first-order valence-electron chi connectivity index (χ1n) is 10.5. The van der Waals surface area contributed by atoms with Crippen LogP contribution in [0.15, 0.2) is 35.4 Å². The Bertz CT molecular complexity index is 1300. The number of carbonyl (C=O) groups is 2. The standard InChI is InChI=1S/C22H21F3N4O4S/c1-12-17-20(34-18(12)19(31)26-9-15-6-3-7-33-15)27-11-29(21(17)32)10-16(30)28-14-5-2-4-13(8-14)22(23,24)25/h2,4-5,8,11,15H,3,6-7,9-10H2,1H3,(H,26,31)(H,28,30). The third-order valence-corrected chi connectivity index (χ3v) is 6.62. The summed E-state index contributed by atoms with van der Waals surface area (Å²) in [4.78, 5) is 42.9. The molecule has 1 atom stereocenters. The molecule has 12 heteroatoms. The van der Waals surface area contributed by atoms with Gasteiger partial charge >= 0.3 is 6.18 Å². The van der Waals surface area contributed by atoms with E-state index in [1.165, 1.54) is 18.5 Å². The van der Waals surface area contributed by atoms with E-state index >= 15 is 0 Å². The lowest BCUT2D eigenvalue weighted by atomic mass is 10.2. The van der Waals surface area contributed by atoms with E-state index in [4.69, 9.17) is 4.74 Å². The molecule has 3 heterocycles. The van der Waals surface area contributed by atoms with Crippen molar-refractivity contribution < 1.29 is 27.5 Å². The number of alkyl halides is 3. The molecule has 1 aliphatic rings. The average Bonchev–Trinajstić information content (AvgIpc) is 3.42. The van der Waals surface area contributed by atoms with Crippen molar-refractivity contribution in [1.82, 2.24) is 14.9 Å². The number of thiophene rings is 1. The molecule has 0 radical (unpaired) electrons. The van der Waals surface area contributed by atoms with Crippen LogP contribution in [-0.4, -0.2) is 40.6 Å². The number of halogens is 3. The lowest BCUT2D eigenvalue weighted by Gasteiger charge is -2.10. The van der Waals surface area contributed by atoms with Gasteiger partial charge in [-0.25, -0.2) is 4.98 Å². The molecule has 0 bridgehead atoms. The maximum Gasteiger partial charge on any atom is 0.416 e. The van der Waals surface area contributed by atoms with Crippen LogP contribution in [0.1, 0.15) is 33.6 Å². The number of aromatic nitrogens is 2. The first-order valence-corrected chi connectivity index (χ1v) is 11.3. The first-order chi connectivity index (χ1) is 16.1. The second kappa shape index (κ2) is 9.55. The molecular formula is C22H21F3N4O4S. The minimum absolute atomic E-state index is 0.0238. The van der Waals surface area contributed by atoms with Gasteiger partial charge in [0.1, 0.15) is 11.4 Å². The predicted octanol–water partition coefficient (Wildman–Crippen LogP) is 3.33. The van der Waals surface area contributed by atoms with Gasteiger partial charge in [0.25, 0.3) is 11.5 Å². The summed E-state index contributed by atoms with van der Waals surface area (Å²) in [7, 11) is 0. The zero-order valence-corrected chi connectivity index (χ0v) is 18.9. The Balaban J connectivity index is 1.50. The van der Waals surface area contributed by atoms with Crippen LogP contribution >= 0.6 is 11.3 Å². The van der Waals surface area contributed by atoms with Crippen LogP contribution in [0.2, 0.25) is 0 Å². The molecular weight excluding hydrogens is 473 g/mol. The molecule has 180 valence electrons. The van der Waals surface area contributed by atoms with Crippen molar-refractivity contribution in [2.24, 2.45) is 0 Å². The van der Waals surface area contributed by atoms with Crippen molar-refractivity contribution >= 4 is 39.1 Å². The monoisotopic (exact) mass is 494 g/mol. The lowest BCUT2D eigenvalue weighted by molar-refractivity contribution is -0.137. The Hall–Kier alpha value is -3.25. The second-order valence-corrected chi connectivity index (χ2v) is 8.88. The summed E-state index contributed by atoms with van der Waals surface area (Å²) in [5, 5.41) is 5.40. The molecule has 3 aromatic rings. The summed E-state index contributed by atoms with van der Waals surface area (Å²) in [6.45, 7) is 2.23. The number of nitrogens with zero attached hydrogens (tertiary/aromatic N) is 2. The van der Waals surface area contributed by atoms with E-state index in [-0.39, 0.29) is 23.1 Å². The number of benzene rings is 1. The third-order valence-electron chi connectivity index (χ3n) is 5.43. The lowest BCUT2D eigenvalue weighted by Crippen LogP contribution is -2.31. The molecule has 2 N–H and O–H groups in total. The number of nitrogens with one attached hydrogen (secondary N) is 2. The molecule has 1 unspecified atom stereocenters. The van der Waals surface area contributed by atoms with Gasteiger partial charge < -0.3 is 15.4 Å². The normalized spacial score (nSPS) is 16.1. The summed E-state index contributed by atoms with van der Waals surface area (Å²) < 4.78 is 45.2. The van der Waals surface area contributed by atoms with Gasteiger partial charge in [-0.05, 0) is 43.5 Å². The molecule has 2 aromatic heterocycles. The molecule has 0 spiro atoms. The highest BCUT2D eigenvalue weighted by Gasteiger charge is 2.30. The van der Waals surface area contributed by atoms with Gasteiger partial charge in [-0.3, -0.25) is 19.0 Å². The minimum atomic E-state index is -4.54. The summed E-state index contributed by atoms with van der Waals surface area (Å²) in [5.74, 6) is -1.02. The fourth-order valence-corrected chi connectivity index (χ4v) is 4.76. The van der Waals surface area contributed by atoms with E-state index in [1.54, 1.807) is 6.92 Å². The van der Waals surface area contributed by atoms with Crippen molar-refractivity contribution in [3.8, 4) is 0 Å². The molecule has 2 amide bonds. The Morgan fingerprint density at radius 3 is 2.82 bits per heavy atom. The molecule has 1 aliphatic heterocycles. The van der Waals surface area contributed by atoms with Gasteiger partial charge in [0, 0.05) is 18.8 Å². The maximum absolute atomic E-state index is 13.0. The highest BCUT2D eigenvalue weighted by molar-refractivity contribution is 7.20. The van der Waals surface area contributed by atoms with Crippen LogP contribution in [-0.2, 0) is 22.3 Å². The van der Waals surface area contributed by atoms with Crippen LogP contribution in [0.5, 0.6) is 0 Å². The van der Waals surface area contributed by atoms with Crippen molar-refractivity contribution in [2.45, 2.75) is 38.6 Å². The van der Waals surface area contributed by atoms with Crippen LogP contribution in [0.3, 0.4) is 0 Å². The molecule has 1 aromatic carbocycles. The third kappa shape index (κ3) is 5.12. The average molecular weight is 494 g/mol. The smallest absolute Gasteiger partial charge is 0.376 e. The van der Waals surface area contributed by atoms with Gasteiger partial charge in [-0.2, -0.15) is 13.2 Å². The Kier molecular flexibility index (Phi) is 6.71. The predicted molar refractivity (Wildman–Crippen MR) is 120 cm³/mol. The van der Waals surface area contributed by atoms with Gasteiger partial charge in [0.2, 0.25) is 5.91 Å². The summed E-state index contributed by atoms with van der Waals surface area (Å²) >= 11 is 1.08. The molecule has 34 heavy (non-hydrogen) atoms. The number of aryl methyl sites for hydroxylation is 1. The highest BCUT2D eigenvalue weighted by Crippen LogP contribution is 2.30. The second-order valence-electron chi connectivity index (χ2n) is 7.89. The van der Waals surface area contributed by atoms with E-state index in [2.05, 4.69) is 15.6 Å². The van der Waals surface area contributed by atoms with Gasteiger partial charge in [0.15, 0.2) is 0 Å². The number of hydrogen-bond acceptors (Lipinski definition) is 6. The summed E-state index contributed by atoms with van der Waals surface area (Å²) in [6.07, 6.45) is -1.56. The molecule has 0 saturated carbocycles. The van der Waals surface area contributed by atoms with Crippen LogP contribution in [0, 0.1) is 6.92 Å². The first kappa shape index (κ1) is 23.9. The van der Waals surface area contributed by atoms with Gasteiger partial charge in [0.05, 0.1) is 28.3 Å². The van der Waals surface area contributed by atoms with Gasteiger partial charge in [-0.15, -0.1) is 11.3 Å². The molecule has 8 nitrogen and oxygen atoms in total. The number of anilines is 1. The van der Waals surface area contributed by atoms with Crippen LogP contribution in [0.4, 0.5) is 18.9 Å². The van der Waals surface area contributed by atoms with E-state index in [1.807, 2.05) is 0 Å². The Morgan fingerprint density at radius 2 is 2.12 bits per heavy atom. The number of amides is 2. The number of fused-ring (bicyclic) bond motifs is 1. The highest BCUT2D eigenvalue weighted by atomic mass is 32.1. The Morgan fingerprint density at radius 1 is 1.32 bits per heavy atom. The zero-order valence-electron chi connectivity index (χ0n) is 18.1. The fourth-order valence-electron chi connectivity index (χ4n) is 3.71. The molecule has 1 saturated heterocycles. The van der Waals surface area contributed by atoms with Crippen molar-refractivity contribution in [1.29, 1.82) is 0 Å². The fraction of sp³-hybridized carbons (Fsp3) is 0.364. The number of carbonyl (C=O) groups excluding carboxylic acids is 2. The van der Waals surface area contributed by atoms with E-state index in [9.17, 15) is 27.6 Å². The minimum Gasteiger partial charge on any atom is -0.376 e. The number of ether oxygens (including phenoxy) is 1. The van der Waals surface area contributed by atoms with Crippen molar-refractivity contribution in [3.05, 3.63) is 57.0 Å². The number of hydrogen-bond donors (Lipinski definition) is 2.